The molecule has 0 saturated heterocycles. The van der Waals surface area contributed by atoms with Crippen LogP contribution in [0.5, 0.6) is 5.88 Å². The molecule has 1 saturated carbocycles. The van der Waals surface area contributed by atoms with E-state index >= 15 is 0 Å². The van der Waals surface area contributed by atoms with Gasteiger partial charge in [0.1, 0.15) is 6.10 Å². The van der Waals surface area contributed by atoms with Crippen molar-refractivity contribution in [3.8, 4) is 5.88 Å². The Morgan fingerprint density at radius 2 is 1.94 bits per heavy atom. The molecule has 1 aliphatic carbocycles. The minimum absolute atomic E-state index is 0.0175. The lowest BCUT2D eigenvalue weighted by Gasteiger charge is -2.26. The van der Waals surface area contributed by atoms with E-state index in [9.17, 15) is 9.59 Å². The Balaban J connectivity index is 1.30. The molecule has 0 aliphatic heterocycles. The summed E-state index contributed by atoms with van der Waals surface area (Å²) < 4.78 is 12.0. The number of halogens is 2. The Morgan fingerprint density at radius 3 is 2.61 bits per heavy atom. The number of nitrogens with zero attached hydrogens (tertiary/aromatic N) is 3. The summed E-state index contributed by atoms with van der Waals surface area (Å²) in [5.74, 6) is -1.49. The highest BCUT2D eigenvalue weighted by molar-refractivity contribution is 9.10. The van der Waals surface area contributed by atoms with Crippen molar-refractivity contribution in [2.45, 2.75) is 31.8 Å². The van der Waals surface area contributed by atoms with E-state index in [0.717, 1.165) is 4.47 Å². The number of rotatable bonds is 7. The zero-order chi connectivity index (χ0) is 23.4. The van der Waals surface area contributed by atoms with Crippen LogP contribution in [-0.2, 0) is 4.79 Å². The maximum absolute atomic E-state index is 12.4. The summed E-state index contributed by atoms with van der Waals surface area (Å²) in [6, 6.07) is 8.51. The minimum atomic E-state index is -0.757. The Morgan fingerprint density at radius 1 is 1.15 bits per heavy atom. The van der Waals surface area contributed by atoms with Gasteiger partial charge in [0.2, 0.25) is 5.88 Å². The van der Waals surface area contributed by atoms with E-state index in [0.29, 0.717) is 48.0 Å². The third kappa shape index (κ3) is 5.99. The molecule has 0 radical (unpaired) electrons. The van der Waals surface area contributed by atoms with Crippen LogP contribution < -0.4 is 15.4 Å². The second-order valence-corrected chi connectivity index (χ2v) is 8.75. The average Bonchev–Trinajstić information content (AvgIpc) is 3.26. The van der Waals surface area contributed by atoms with Crippen molar-refractivity contribution in [3.05, 3.63) is 51.9 Å². The molecule has 12 heteroatoms. The molecule has 0 unspecified atom stereocenters. The highest BCUT2D eigenvalue weighted by atomic mass is 79.9. The van der Waals surface area contributed by atoms with Crippen LogP contribution in [0.3, 0.4) is 0 Å². The number of carboxylic acid groups (broad SMARTS) is 1. The number of nitrogens with one attached hydrogen (secondary N) is 2. The lowest BCUT2D eigenvalue weighted by molar-refractivity contribution is -0.143. The first-order valence-corrected chi connectivity index (χ1v) is 11.3. The maximum atomic E-state index is 12.4. The Kier molecular flexibility index (Phi) is 7.09. The standard InChI is InChI=1S/C21H19BrClN5O5/c22-12-3-7-16(15(23)9-12)26-21-28-27-19(33-21)18(29)25-13-4-8-17(24-10-13)32-14-5-1-11(2-6-14)20(30)31/h3-4,7-11,14H,1-2,5-6H2,(H,25,29)(H,26,28)(H,30,31)/t11-,14+. The first-order valence-electron chi connectivity index (χ1n) is 10.1. The maximum Gasteiger partial charge on any atom is 0.320 e. The van der Waals surface area contributed by atoms with E-state index in [-0.39, 0.29) is 23.9 Å². The van der Waals surface area contributed by atoms with Gasteiger partial charge in [0.15, 0.2) is 0 Å². The second-order valence-electron chi connectivity index (χ2n) is 7.43. The van der Waals surface area contributed by atoms with Crippen LogP contribution in [0.4, 0.5) is 17.4 Å². The van der Waals surface area contributed by atoms with Crippen LogP contribution >= 0.6 is 27.5 Å². The molecule has 0 bridgehead atoms. The Bertz CT molecular complexity index is 1150. The second kappa shape index (κ2) is 10.2. The largest absolute Gasteiger partial charge is 0.481 e. The van der Waals surface area contributed by atoms with Gasteiger partial charge in [-0.1, -0.05) is 32.6 Å². The number of pyridine rings is 1. The first-order chi connectivity index (χ1) is 15.9. The molecule has 4 rings (SSSR count). The summed E-state index contributed by atoms with van der Waals surface area (Å²) >= 11 is 9.47. The van der Waals surface area contributed by atoms with Crippen molar-refractivity contribution in [3.63, 3.8) is 0 Å². The number of hydrogen-bond acceptors (Lipinski definition) is 8. The van der Waals surface area contributed by atoms with Gasteiger partial charge in [0.25, 0.3) is 0 Å². The molecule has 2 aromatic heterocycles. The summed E-state index contributed by atoms with van der Waals surface area (Å²) in [5.41, 5.74) is 0.970. The monoisotopic (exact) mass is 535 g/mol. The smallest absolute Gasteiger partial charge is 0.320 e. The van der Waals surface area contributed by atoms with Gasteiger partial charge in [-0.2, -0.15) is 0 Å². The molecule has 3 aromatic rings. The van der Waals surface area contributed by atoms with Crippen molar-refractivity contribution in [1.82, 2.24) is 15.2 Å². The first kappa shape index (κ1) is 23.0. The van der Waals surface area contributed by atoms with E-state index in [1.807, 2.05) is 0 Å². The van der Waals surface area contributed by atoms with E-state index in [2.05, 4.69) is 41.7 Å². The highest BCUT2D eigenvalue weighted by Crippen LogP contribution is 2.29. The van der Waals surface area contributed by atoms with Gasteiger partial charge in [-0.25, -0.2) is 4.98 Å². The van der Waals surface area contributed by atoms with Crippen LogP contribution in [0.15, 0.2) is 45.4 Å². The summed E-state index contributed by atoms with van der Waals surface area (Å²) in [5, 5.41) is 22.5. The van der Waals surface area contributed by atoms with E-state index < -0.39 is 11.9 Å². The summed E-state index contributed by atoms with van der Waals surface area (Å²) in [4.78, 5) is 27.6. The number of aliphatic carboxylic acids is 1. The van der Waals surface area contributed by atoms with Gasteiger partial charge in [0, 0.05) is 10.5 Å². The van der Waals surface area contributed by atoms with Crippen molar-refractivity contribution in [2.24, 2.45) is 5.92 Å². The molecule has 1 amide bonds. The lowest BCUT2D eigenvalue weighted by atomic mass is 9.87. The van der Waals surface area contributed by atoms with E-state index in [1.165, 1.54) is 6.20 Å². The van der Waals surface area contributed by atoms with Gasteiger partial charge in [0.05, 0.1) is 28.5 Å². The van der Waals surface area contributed by atoms with Crippen molar-refractivity contribution in [2.75, 3.05) is 10.6 Å². The van der Waals surface area contributed by atoms with Crippen LogP contribution in [-0.4, -0.2) is 38.3 Å². The molecule has 1 aliphatic rings. The van der Waals surface area contributed by atoms with Crippen LogP contribution in [0.1, 0.15) is 36.4 Å². The molecule has 0 spiro atoms. The van der Waals surface area contributed by atoms with Crippen molar-refractivity contribution >= 4 is 56.8 Å². The minimum Gasteiger partial charge on any atom is -0.481 e. The predicted molar refractivity (Wildman–Crippen MR) is 123 cm³/mol. The molecule has 0 atom stereocenters. The van der Waals surface area contributed by atoms with Gasteiger partial charge < -0.3 is 24.9 Å². The fourth-order valence-electron chi connectivity index (χ4n) is 3.38. The average molecular weight is 537 g/mol. The van der Waals surface area contributed by atoms with E-state index in [1.54, 1.807) is 30.3 Å². The summed E-state index contributed by atoms with van der Waals surface area (Å²) in [6.45, 7) is 0. The fourth-order valence-corrected chi connectivity index (χ4v) is 4.10. The fraction of sp³-hybridized carbons (Fsp3) is 0.286. The molecule has 10 nitrogen and oxygen atoms in total. The number of ether oxygens (including phenoxy) is 1. The molecular formula is C21H19BrClN5O5. The van der Waals surface area contributed by atoms with E-state index in [4.69, 9.17) is 25.9 Å². The SMILES string of the molecule is O=C(Nc1ccc(O[C@H]2CC[C@@H](C(=O)O)CC2)nc1)c1nnc(Nc2ccc(Br)cc2Cl)o1. The zero-order valence-electron chi connectivity index (χ0n) is 17.1. The number of aromatic nitrogens is 3. The summed E-state index contributed by atoms with van der Waals surface area (Å²) in [6.07, 6.45) is 3.88. The zero-order valence-corrected chi connectivity index (χ0v) is 19.5. The molecular weight excluding hydrogens is 518 g/mol. The summed E-state index contributed by atoms with van der Waals surface area (Å²) in [7, 11) is 0. The molecule has 3 N–H and O–H groups in total. The molecule has 2 heterocycles. The number of anilines is 3. The molecule has 172 valence electrons. The Hall–Kier alpha value is -3.18. The number of amides is 1. The highest BCUT2D eigenvalue weighted by Gasteiger charge is 2.27. The number of carboxylic acids is 1. The lowest BCUT2D eigenvalue weighted by Crippen LogP contribution is -2.28. The van der Waals surface area contributed by atoms with Gasteiger partial charge in [-0.3, -0.25) is 9.59 Å². The quantitative estimate of drug-likeness (QED) is 0.385. The number of benzene rings is 1. The molecule has 1 aromatic carbocycles. The molecule has 1 fully saturated rings. The van der Waals surface area contributed by atoms with Crippen LogP contribution in [0, 0.1) is 5.92 Å². The van der Waals surface area contributed by atoms with Gasteiger partial charge in [-0.15, -0.1) is 5.10 Å². The third-order valence-corrected chi connectivity index (χ3v) is 5.90. The van der Waals surface area contributed by atoms with Gasteiger partial charge >= 0.3 is 23.8 Å². The van der Waals surface area contributed by atoms with Crippen LogP contribution in [0.2, 0.25) is 5.02 Å². The van der Waals surface area contributed by atoms with Crippen LogP contribution in [0.25, 0.3) is 0 Å². The predicted octanol–water partition coefficient (Wildman–Crippen LogP) is 4.90. The molecule has 33 heavy (non-hydrogen) atoms. The van der Waals surface area contributed by atoms with Crippen molar-refractivity contribution < 1.29 is 23.8 Å². The topological polar surface area (TPSA) is 139 Å². The van der Waals surface area contributed by atoms with Crippen molar-refractivity contribution in [1.29, 1.82) is 0 Å². The number of carbonyl (C=O) groups is 2. The number of carbonyl (C=O) groups excluding carboxylic acids is 1. The normalized spacial score (nSPS) is 17.9. The third-order valence-electron chi connectivity index (χ3n) is 5.10. The Labute approximate surface area is 201 Å². The van der Waals surface area contributed by atoms with Gasteiger partial charge in [-0.05, 0) is 49.9 Å². The number of hydrogen-bond donors (Lipinski definition) is 3.